The second-order valence-corrected chi connectivity index (χ2v) is 7.21. The average molecular weight is 370 g/mol. The molecule has 0 bridgehead atoms. The Morgan fingerprint density at radius 2 is 2.04 bits per heavy atom. The number of hydrogen-bond acceptors (Lipinski definition) is 2. The molecule has 0 saturated carbocycles. The molecule has 4 aromatic rings. The van der Waals surface area contributed by atoms with Crippen molar-refractivity contribution in [3.63, 3.8) is 0 Å². The molecule has 2 aromatic carbocycles. The molecule has 0 atom stereocenters. The molecule has 0 unspecified atom stereocenters. The van der Waals surface area contributed by atoms with Crippen molar-refractivity contribution in [3.05, 3.63) is 51.4 Å². The van der Waals surface area contributed by atoms with Gasteiger partial charge in [0, 0.05) is 16.4 Å². The van der Waals surface area contributed by atoms with Crippen molar-refractivity contribution < 1.29 is 0 Å². The minimum atomic E-state index is 0.0293. The molecule has 0 fully saturated rings. The zero-order chi connectivity index (χ0) is 16.1. The van der Waals surface area contributed by atoms with E-state index in [-0.39, 0.29) is 5.43 Å². The number of imidazole rings is 1. The molecule has 116 valence electrons. The van der Waals surface area contributed by atoms with Gasteiger partial charge in [0.05, 0.1) is 28.3 Å². The Hall–Kier alpha value is -2.14. The van der Waals surface area contributed by atoms with Crippen LogP contribution in [0.15, 0.2) is 45.9 Å². The monoisotopic (exact) mass is 369 g/mol. The zero-order valence-electron chi connectivity index (χ0n) is 12.9. The lowest BCUT2D eigenvalue weighted by Crippen LogP contribution is -2.06. The fourth-order valence-corrected chi connectivity index (χ4v) is 3.46. The Morgan fingerprint density at radius 1 is 1.22 bits per heavy atom. The summed E-state index contributed by atoms with van der Waals surface area (Å²) in [7, 11) is 0. The maximum Gasteiger partial charge on any atom is 0.199 e. The lowest BCUT2D eigenvalue weighted by Gasteiger charge is -2.08. The Morgan fingerprint density at radius 3 is 2.83 bits per heavy atom. The van der Waals surface area contributed by atoms with Gasteiger partial charge in [-0.15, -0.1) is 0 Å². The fourth-order valence-electron chi connectivity index (χ4n) is 3.10. The zero-order valence-corrected chi connectivity index (χ0v) is 14.5. The number of fused-ring (bicyclic) bond motifs is 4. The van der Waals surface area contributed by atoms with Gasteiger partial charge >= 0.3 is 0 Å². The second kappa shape index (κ2) is 5.20. The number of aromatic amines is 1. The second-order valence-electron chi connectivity index (χ2n) is 6.29. The van der Waals surface area contributed by atoms with Gasteiger partial charge in [0.15, 0.2) is 5.43 Å². The number of nitrogens with one attached hydrogen (secondary N) is 1. The van der Waals surface area contributed by atoms with Gasteiger partial charge in [0.1, 0.15) is 5.52 Å². The van der Waals surface area contributed by atoms with Gasteiger partial charge in [0.2, 0.25) is 0 Å². The van der Waals surface area contributed by atoms with Crippen LogP contribution in [0.5, 0.6) is 0 Å². The molecular weight excluding hydrogens is 354 g/mol. The highest BCUT2D eigenvalue weighted by Gasteiger charge is 2.13. The predicted octanol–water partition coefficient (Wildman–Crippen LogP) is 4.45. The largest absolute Gasteiger partial charge is 0.354 e. The molecule has 0 spiro atoms. The van der Waals surface area contributed by atoms with Crippen LogP contribution >= 0.6 is 15.9 Å². The maximum absolute atomic E-state index is 13.0. The summed E-state index contributed by atoms with van der Waals surface area (Å²) < 4.78 is 3.06. The molecule has 4 rings (SSSR count). The molecule has 0 aliphatic carbocycles. The third-order valence-corrected chi connectivity index (χ3v) is 4.57. The molecular formula is C18H16BrN3O. The Kier molecular flexibility index (Phi) is 3.27. The first-order valence-corrected chi connectivity index (χ1v) is 8.43. The van der Waals surface area contributed by atoms with E-state index in [2.05, 4.69) is 44.3 Å². The summed E-state index contributed by atoms with van der Waals surface area (Å²) >= 11 is 3.45. The minimum Gasteiger partial charge on any atom is -0.354 e. The Labute approximate surface area is 141 Å². The van der Waals surface area contributed by atoms with Crippen molar-refractivity contribution in [2.75, 3.05) is 0 Å². The molecule has 0 aliphatic heterocycles. The van der Waals surface area contributed by atoms with Crippen molar-refractivity contribution in [2.24, 2.45) is 5.92 Å². The molecule has 1 N–H and O–H groups in total. The van der Waals surface area contributed by atoms with Crippen molar-refractivity contribution in [3.8, 4) is 0 Å². The number of halogens is 1. The van der Waals surface area contributed by atoms with Gasteiger partial charge in [-0.1, -0.05) is 29.8 Å². The van der Waals surface area contributed by atoms with E-state index in [1.54, 1.807) is 0 Å². The van der Waals surface area contributed by atoms with Gasteiger partial charge in [-0.25, -0.2) is 4.98 Å². The van der Waals surface area contributed by atoms with E-state index in [9.17, 15) is 4.79 Å². The first-order chi connectivity index (χ1) is 11.0. The van der Waals surface area contributed by atoms with Gasteiger partial charge in [-0.05, 0) is 36.2 Å². The number of rotatable bonds is 2. The number of benzene rings is 2. The van der Waals surface area contributed by atoms with Crippen LogP contribution in [0.3, 0.4) is 0 Å². The van der Waals surface area contributed by atoms with Crippen molar-refractivity contribution in [1.82, 2.24) is 14.5 Å². The van der Waals surface area contributed by atoms with E-state index in [1.807, 2.05) is 36.7 Å². The third kappa shape index (κ3) is 2.27. The van der Waals surface area contributed by atoms with Crippen LogP contribution in [-0.4, -0.2) is 14.5 Å². The molecule has 0 saturated heterocycles. The molecule has 4 nitrogen and oxygen atoms in total. The maximum atomic E-state index is 13.0. The molecule has 2 heterocycles. The lowest BCUT2D eigenvalue weighted by atomic mass is 10.1. The van der Waals surface area contributed by atoms with Gasteiger partial charge in [0.25, 0.3) is 0 Å². The number of aromatic nitrogens is 3. The van der Waals surface area contributed by atoms with E-state index in [4.69, 9.17) is 0 Å². The van der Waals surface area contributed by atoms with E-state index >= 15 is 0 Å². The van der Waals surface area contributed by atoms with Crippen LogP contribution in [0.1, 0.15) is 13.8 Å². The first-order valence-electron chi connectivity index (χ1n) is 7.63. The van der Waals surface area contributed by atoms with Crippen LogP contribution in [-0.2, 0) is 6.54 Å². The van der Waals surface area contributed by atoms with Crippen molar-refractivity contribution in [2.45, 2.75) is 20.4 Å². The van der Waals surface area contributed by atoms with E-state index in [0.717, 1.165) is 33.1 Å². The van der Waals surface area contributed by atoms with Gasteiger partial charge < -0.3 is 9.55 Å². The number of nitrogens with zero attached hydrogens (tertiary/aromatic N) is 2. The van der Waals surface area contributed by atoms with Crippen molar-refractivity contribution in [1.29, 1.82) is 0 Å². The quantitative estimate of drug-likeness (QED) is 0.530. The van der Waals surface area contributed by atoms with Crippen molar-refractivity contribution >= 4 is 48.8 Å². The molecule has 0 aliphatic rings. The van der Waals surface area contributed by atoms with Crippen LogP contribution in [0.4, 0.5) is 0 Å². The van der Waals surface area contributed by atoms with Crippen LogP contribution in [0.25, 0.3) is 32.8 Å². The predicted molar refractivity (Wildman–Crippen MR) is 97.9 cm³/mol. The summed E-state index contributed by atoms with van der Waals surface area (Å²) in [5.41, 5.74) is 3.46. The molecule has 23 heavy (non-hydrogen) atoms. The van der Waals surface area contributed by atoms with E-state index in [1.165, 1.54) is 0 Å². The summed E-state index contributed by atoms with van der Waals surface area (Å²) in [4.78, 5) is 20.8. The van der Waals surface area contributed by atoms with E-state index < -0.39 is 0 Å². The highest BCUT2D eigenvalue weighted by atomic mass is 79.9. The topological polar surface area (TPSA) is 50.7 Å². The molecule has 2 aromatic heterocycles. The van der Waals surface area contributed by atoms with Crippen LogP contribution in [0.2, 0.25) is 0 Å². The SMILES string of the molecule is CC(C)Cn1cnc2c3c(=O)c4ccc(Br)cc4[nH]c3ccc21. The normalized spacial score (nSPS) is 12.0. The molecule has 0 radical (unpaired) electrons. The molecule has 5 heteroatoms. The van der Waals surface area contributed by atoms with Gasteiger partial charge in [-0.3, -0.25) is 4.79 Å². The minimum absolute atomic E-state index is 0.0293. The summed E-state index contributed by atoms with van der Waals surface area (Å²) in [6.07, 6.45) is 1.83. The Balaban J connectivity index is 2.11. The van der Waals surface area contributed by atoms with E-state index in [0.29, 0.717) is 16.7 Å². The summed E-state index contributed by atoms with van der Waals surface area (Å²) in [6, 6.07) is 9.67. The third-order valence-electron chi connectivity index (χ3n) is 4.08. The summed E-state index contributed by atoms with van der Waals surface area (Å²) in [5, 5.41) is 1.35. The number of hydrogen-bond donors (Lipinski definition) is 1. The average Bonchev–Trinajstić information content (AvgIpc) is 2.89. The first kappa shape index (κ1) is 14.5. The van der Waals surface area contributed by atoms with Gasteiger partial charge in [-0.2, -0.15) is 0 Å². The number of pyridine rings is 1. The molecule has 0 amide bonds. The highest BCUT2D eigenvalue weighted by molar-refractivity contribution is 9.10. The number of H-pyrrole nitrogens is 1. The smallest absolute Gasteiger partial charge is 0.199 e. The lowest BCUT2D eigenvalue weighted by molar-refractivity contribution is 0.533. The summed E-state index contributed by atoms with van der Waals surface area (Å²) in [5.74, 6) is 0.523. The Bertz CT molecular complexity index is 1110. The van der Waals surface area contributed by atoms with Crippen LogP contribution in [0, 0.1) is 5.92 Å². The fraction of sp³-hybridized carbons (Fsp3) is 0.222. The summed E-state index contributed by atoms with van der Waals surface area (Å²) in [6.45, 7) is 5.23. The standard InChI is InChI=1S/C18H16BrN3O/c1-10(2)8-22-9-20-17-15(22)6-5-13-16(17)18(23)12-4-3-11(19)7-14(12)21-13/h3-7,9-10H,8H2,1-2H3,(H,21,23). The highest BCUT2D eigenvalue weighted by Crippen LogP contribution is 2.24. The van der Waals surface area contributed by atoms with Crippen LogP contribution < -0.4 is 5.43 Å².